The maximum absolute atomic E-state index is 13.6. The van der Waals surface area contributed by atoms with E-state index in [2.05, 4.69) is 11.8 Å². The second-order valence-electron chi connectivity index (χ2n) is 9.38. The zero-order valence-corrected chi connectivity index (χ0v) is 21.7. The van der Waals surface area contributed by atoms with Crippen LogP contribution in [0.2, 0.25) is 0 Å². The number of nitrogens with zero attached hydrogens (tertiary/aromatic N) is 2. The number of rotatable bonds is 5. The van der Waals surface area contributed by atoms with Crippen molar-refractivity contribution in [2.75, 3.05) is 26.7 Å². The Morgan fingerprint density at radius 2 is 1.89 bits per heavy atom. The molecule has 1 heterocycles. The summed E-state index contributed by atoms with van der Waals surface area (Å²) in [7, 11) is -2.22. The first-order chi connectivity index (χ1) is 16.5. The van der Waals surface area contributed by atoms with Gasteiger partial charge < -0.3 is 14.7 Å². The van der Waals surface area contributed by atoms with E-state index in [0.29, 0.717) is 11.1 Å². The first-order valence-electron chi connectivity index (χ1n) is 11.8. The Bertz CT molecular complexity index is 1200. The average molecular weight is 499 g/mol. The second kappa shape index (κ2) is 11.3. The van der Waals surface area contributed by atoms with Gasteiger partial charge in [-0.1, -0.05) is 50.8 Å². The summed E-state index contributed by atoms with van der Waals surface area (Å²) in [6, 6.07) is 13.2. The molecule has 0 spiro atoms. The van der Waals surface area contributed by atoms with Gasteiger partial charge in [0.2, 0.25) is 10.0 Å². The van der Waals surface area contributed by atoms with E-state index in [1.165, 1.54) is 10.4 Å². The largest absolute Gasteiger partial charge is 0.487 e. The topological polar surface area (TPSA) is 87.2 Å². The number of ether oxygens (including phenoxy) is 1. The Morgan fingerprint density at radius 3 is 2.51 bits per heavy atom. The van der Waals surface area contributed by atoms with Gasteiger partial charge in [0.1, 0.15) is 16.7 Å². The van der Waals surface area contributed by atoms with Gasteiger partial charge in [0.05, 0.1) is 13.2 Å². The molecule has 188 valence electrons. The van der Waals surface area contributed by atoms with Gasteiger partial charge >= 0.3 is 0 Å². The van der Waals surface area contributed by atoms with Crippen LogP contribution in [0.1, 0.15) is 43.6 Å². The van der Waals surface area contributed by atoms with Crippen LogP contribution in [0, 0.1) is 23.7 Å². The zero-order chi connectivity index (χ0) is 25.8. The molecule has 35 heavy (non-hydrogen) atoms. The van der Waals surface area contributed by atoms with E-state index < -0.39 is 22.2 Å². The molecule has 0 bridgehead atoms. The third kappa shape index (κ3) is 6.23. The number of sulfonamides is 1. The fourth-order valence-corrected chi connectivity index (χ4v) is 5.73. The molecule has 3 rings (SSSR count). The Morgan fingerprint density at radius 1 is 1.20 bits per heavy atom. The molecule has 0 aromatic heterocycles. The van der Waals surface area contributed by atoms with Crippen molar-refractivity contribution in [1.82, 2.24) is 9.21 Å². The summed E-state index contributed by atoms with van der Waals surface area (Å²) in [6.07, 6.45) is -0.483. The number of aliphatic hydroxyl groups is 1. The lowest BCUT2D eigenvalue weighted by Gasteiger charge is -2.37. The van der Waals surface area contributed by atoms with E-state index in [9.17, 15) is 18.3 Å². The van der Waals surface area contributed by atoms with Crippen LogP contribution in [-0.2, 0) is 10.0 Å². The number of fused-ring (bicyclic) bond motifs is 1. The molecule has 3 atom stereocenters. The van der Waals surface area contributed by atoms with Crippen molar-refractivity contribution in [3.63, 3.8) is 0 Å². The predicted molar refractivity (Wildman–Crippen MR) is 136 cm³/mol. The molecule has 8 heteroatoms. The molecular formula is C27H34N2O5S. The lowest BCUT2D eigenvalue weighted by Crippen LogP contribution is -2.50. The molecule has 0 aliphatic carbocycles. The van der Waals surface area contributed by atoms with Crippen molar-refractivity contribution in [3.8, 4) is 17.6 Å². The summed E-state index contributed by atoms with van der Waals surface area (Å²) >= 11 is 0. The molecule has 0 radical (unpaired) electrons. The first-order valence-corrected chi connectivity index (χ1v) is 13.2. The number of carbonyl (C=O) groups is 1. The normalized spacial score (nSPS) is 20.4. The standard InChI is InChI=1S/C27H34N2O5S/c1-19(2)11-12-22-13-14-26-24(15-22)34-25(17-28(5)27(31)23-9-7-6-8-10-23)20(3)16-29(21(4)18-30)35(26,32)33/h6-10,13-15,19-21,25,30H,16-18H2,1-5H3/t20-,21+,25+/m0/s1. The number of likely N-dealkylation sites (N-methyl/N-ethyl adjacent to an activating group) is 1. The molecule has 2 aromatic carbocycles. The van der Waals surface area contributed by atoms with Gasteiger partial charge in [-0.2, -0.15) is 4.31 Å². The maximum Gasteiger partial charge on any atom is 0.253 e. The quantitative estimate of drug-likeness (QED) is 0.640. The molecule has 0 fully saturated rings. The third-order valence-corrected chi connectivity index (χ3v) is 8.01. The smallest absolute Gasteiger partial charge is 0.253 e. The van der Waals surface area contributed by atoms with Crippen molar-refractivity contribution in [2.45, 2.75) is 44.7 Å². The van der Waals surface area contributed by atoms with Crippen LogP contribution in [0.15, 0.2) is 53.4 Å². The van der Waals surface area contributed by atoms with E-state index >= 15 is 0 Å². The minimum absolute atomic E-state index is 0.0295. The molecular weight excluding hydrogens is 464 g/mol. The molecule has 0 saturated heterocycles. The maximum atomic E-state index is 13.6. The van der Waals surface area contributed by atoms with Gasteiger partial charge in [-0.3, -0.25) is 4.79 Å². The van der Waals surface area contributed by atoms with Gasteiger partial charge in [-0.25, -0.2) is 8.42 Å². The predicted octanol–water partition coefficient (Wildman–Crippen LogP) is 3.23. The van der Waals surface area contributed by atoms with E-state index in [1.54, 1.807) is 43.1 Å². The Labute approximate surface area is 208 Å². The average Bonchev–Trinajstić information content (AvgIpc) is 2.84. The molecule has 0 unspecified atom stereocenters. The van der Waals surface area contributed by atoms with Crippen LogP contribution >= 0.6 is 0 Å². The molecule has 2 aromatic rings. The summed E-state index contributed by atoms with van der Waals surface area (Å²) in [5.41, 5.74) is 1.22. The monoisotopic (exact) mass is 498 g/mol. The van der Waals surface area contributed by atoms with Crippen molar-refractivity contribution < 1.29 is 23.1 Å². The van der Waals surface area contributed by atoms with Crippen molar-refractivity contribution in [3.05, 3.63) is 59.7 Å². The number of benzene rings is 2. The Balaban J connectivity index is 2.02. The molecule has 7 nitrogen and oxygen atoms in total. The summed E-state index contributed by atoms with van der Waals surface area (Å²) < 4.78 is 34.8. The molecule has 1 aliphatic heterocycles. The van der Waals surface area contributed by atoms with Crippen LogP contribution in [-0.4, -0.2) is 67.5 Å². The lowest BCUT2D eigenvalue weighted by atomic mass is 10.0. The first kappa shape index (κ1) is 26.7. The second-order valence-corrected chi connectivity index (χ2v) is 11.2. The molecule has 1 amide bonds. The zero-order valence-electron chi connectivity index (χ0n) is 20.9. The molecule has 1 aliphatic rings. The van der Waals surface area contributed by atoms with E-state index in [-0.39, 0.29) is 48.1 Å². The van der Waals surface area contributed by atoms with Gasteiger partial charge in [0, 0.05) is 42.6 Å². The number of aliphatic hydroxyl groups excluding tert-OH is 1. The highest BCUT2D eigenvalue weighted by molar-refractivity contribution is 7.89. The number of hydrogen-bond acceptors (Lipinski definition) is 5. The summed E-state index contributed by atoms with van der Waals surface area (Å²) in [5, 5.41) is 9.78. The number of amides is 1. The highest BCUT2D eigenvalue weighted by atomic mass is 32.2. The van der Waals surface area contributed by atoms with Crippen molar-refractivity contribution >= 4 is 15.9 Å². The lowest BCUT2D eigenvalue weighted by molar-refractivity contribution is 0.0563. The van der Waals surface area contributed by atoms with Crippen molar-refractivity contribution in [2.24, 2.45) is 11.8 Å². The van der Waals surface area contributed by atoms with E-state index in [4.69, 9.17) is 4.74 Å². The van der Waals surface area contributed by atoms with Gasteiger partial charge in [-0.15, -0.1) is 0 Å². The number of carbonyl (C=O) groups excluding carboxylic acids is 1. The van der Waals surface area contributed by atoms with E-state index in [0.717, 1.165) is 0 Å². The summed E-state index contributed by atoms with van der Waals surface area (Å²) in [5.74, 6) is 6.11. The summed E-state index contributed by atoms with van der Waals surface area (Å²) in [4.78, 5) is 14.6. The summed E-state index contributed by atoms with van der Waals surface area (Å²) in [6.45, 7) is 7.63. The Kier molecular flexibility index (Phi) is 8.60. The highest BCUT2D eigenvalue weighted by Crippen LogP contribution is 2.34. The fraction of sp³-hybridized carbons (Fsp3) is 0.444. The number of hydrogen-bond donors (Lipinski definition) is 1. The third-order valence-electron chi connectivity index (χ3n) is 5.99. The van der Waals surface area contributed by atoms with Crippen LogP contribution in [0.5, 0.6) is 5.75 Å². The van der Waals surface area contributed by atoms with Gasteiger partial charge in [0.15, 0.2) is 0 Å². The fourth-order valence-electron chi connectivity index (χ4n) is 3.90. The van der Waals surface area contributed by atoms with Gasteiger partial charge in [-0.05, 0) is 37.3 Å². The van der Waals surface area contributed by atoms with Crippen molar-refractivity contribution in [1.29, 1.82) is 0 Å². The van der Waals surface area contributed by atoms with Crippen LogP contribution in [0.3, 0.4) is 0 Å². The van der Waals surface area contributed by atoms with Crippen LogP contribution in [0.25, 0.3) is 0 Å². The van der Waals surface area contributed by atoms with Crippen LogP contribution in [0.4, 0.5) is 0 Å². The molecule has 0 saturated carbocycles. The van der Waals surface area contributed by atoms with Gasteiger partial charge in [0.25, 0.3) is 5.91 Å². The van der Waals surface area contributed by atoms with E-state index in [1.807, 2.05) is 39.0 Å². The molecule has 1 N–H and O–H groups in total. The minimum Gasteiger partial charge on any atom is -0.487 e. The van der Waals surface area contributed by atoms with Crippen LogP contribution < -0.4 is 4.74 Å². The Hall–Kier alpha value is -2.86. The highest BCUT2D eigenvalue weighted by Gasteiger charge is 2.38. The SMILES string of the molecule is CC(C)C#Cc1ccc2c(c1)O[C@H](CN(C)C(=O)c1ccccc1)[C@@H](C)CN([C@H](C)CO)S2(=O)=O. The minimum atomic E-state index is -3.93.